The minimum Gasteiger partial charge on any atom is -0.444 e. The molecule has 0 aromatic heterocycles. The van der Waals surface area contributed by atoms with Gasteiger partial charge in [0.1, 0.15) is 17.7 Å². The first-order chi connectivity index (χ1) is 12.8. The molecule has 0 saturated heterocycles. The summed E-state index contributed by atoms with van der Waals surface area (Å²) in [5.74, 6) is -0.939. The average molecular weight is 412 g/mol. The zero-order chi connectivity index (χ0) is 21.6. The van der Waals surface area contributed by atoms with E-state index in [1.54, 1.807) is 72.9 Å². The number of carbonyl (C=O) groups excluding carboxylic acids is 3. The molecule has 0 bridgehead atoms. The molecule has 0 spiro atoms. The molecule has 0 fully saturated rings. The molecule has 0 heterocycles. The van der Waals surface area contributed by atoms with Gasteiger partial charge in [0, 0.05) is 17.8 Å². The van der Waals surface area contributed by atoms with E-state index >= 15 is 0 Å². The van der Waals surface area contributed by atoms with Gasteiger partial charge in [0.05, 0.1) is 0 Å². The lowest BCUT2D eigenvalue weighted by Gasteiger charge is -2.27. The van der Waals surface area contributed by atoms with Crippen molar-refractivity contribution >= 4 is 35.2 Å². The van der Waals surface area contributed by atoms with E-state index in [4.69, 9.17) is 16.3 Å². The highest BCUT2D eigenvalue weighted by Gasteiger charge is 2.29. The van der Waals surface area contributed by atoms with Crippen LogP contribution >= 0.6 is 11.6 Å². The van der Waals surface area contributed by atoms with E-state index in [0.717, 1.165) is 0 Å². The number of carbonyl (C=O) groups is 3. The molecule has 8 heteroatoms. The highest BCUT2D eigenvalue weighted by atomic mass is 35.5. The Morgan fingerprint density at radius 2 is 1.57 bits per heavy atom. The number of hydrogen-bond acceptors (Lipinski definition) is 4. The summed E-state index contributed by atoms with van der Waals surface area (Å²) in [7, 11) is 1.62. The van der Waals surface area contributed by atoms with Crippen molar-refractivity contribution in [3.8, 4) is 0 Å². The molecule has 0 aliphatic rings. The number of nitrogens with one attached hydrogen (secondary N) is 2. The van der Waals surface area contributed by atoms with E-state index in [1.807, 2.05) is 0 Å². The van der Waals surface area contributed by atoms with Gasteiger partial charge in [-0.1, -0.05) is 25.4 Å². The molecule has 3 amide bonds. The maximum atomic E-state index is 12.6. The molecule has 1 rings (SSSR count). The number of benzene rings is 1. The lowest BCUT2D eigenvalue weighted by molar-refractivity contribution is -0.129. The van der Waals surface area contributed by atoms with Crippen molar-refractivity contribution in [1.82, 2.24) is 10.6 Å². The third kappa shape index (κ3) is 7.38. The molecule has 28 heavy (non-hydrogen) atoms. The van der Waals surface area contributed by atoms with Gasteiger partial charge in [-0.3, -0.25) is 9.59 Å². The minimum absolute atomic E-state index is 0.191. The third-order valence-corrected chi connectivity index (χ3v) is 4.15. The van der Waals surface area contributed by atoms with Crippen molar-refractivity contribution in [3.05, 3.63) is 29.3 Å². The van der Waals surface area contributed by atoms with Gasteiger partial charge in [-0.15, -0.1) is 0 Å². The summed E-state index contributed by atoms with van der Waals surface area (Å²) in [5, 5.41) is 5.80. The summed E-state index contributed by atoms with van der Waals surface area (Å²) in [6.07, 6.45) is -0.682. The number of anilines is 1. The summed E-state index contributed by atoms with van der Waals surface area (Å²) in [5.41, 5.74) is -0.0186. The smallest absolute Gasteiger partial charge is 0.408 e. The van der Waals surface area contributed by atoms with Gasteiger partial charge >= 0.3 is 6.09 Å². The van der Waals surface area contributed by atoms with Crippen LogP contribution in [-0.2, 0) is 14.3 Å². The summed E-state index contributed by atoms with van der Waals surface area (Å²) in [6, 6.07) is 5.19. The van der Waals surface area contributed by atoms with E-state index in [2.05, 4.69) is 10.6 Å². The van der Waals surface area contributed by atoms with Crippen LogP contribution < -0.4 is 15.5 Å². The Labute approximate surface area is 171 Å². The van der Waals surface area contributed by atoms with Crippen molar-refractivity contribution in [2.75, 3.05) is 11.9 Å². The van der Waals surface area contributed by atoms with Gasteiger partial charge in [0.25, 0.3) is 0 Å². The van der Waals surface area contributed by atoms with Crippen molar-refractivity contribution in [2.24, 2.45) is 5.92 Å². The molecule has 7 nitrogen and oxygen atoms in total. The van der Waals surface area contributed by atoms with Crippen LogP contribution in [0.15, 0.2) is 24.3 Å². The maximum Gasteiger partial charge on any atom is 0.408 e. The molecular formula is C20H30ClN3O4. The SMILES string of the molecule is CC(C)[C@H](NC(=O)OC(C)(C)C)C(=O)N[C@@H](C)C(=O)N(C)c1ccc(Cl)cc1. The number of rotatable bonds is 6. The Kier molecular flexibility index (Phi) is 8.29. The number of amides is 3. The summed E-state index contributed by atoms with van der Waals surface area (Å²) in [4.78, 5) is 38.7. The van der Waals surface area contributed by atoms with E-state index in [1.165, 1.54) is 4.90 Å². The van der Waals surface area contributed by atoms with Crippen LogP contribution in [0.5, 0.6) is 0 Å². The largest absolute Gasteiger partial charge is 0.444 e. The third-order valence-electron chi connectivity index (χ3n) is 3.90. The number of alkyl carbamates (subject to hydrolysis) is 1. The summed E-state index contributed by atoms with van der Waals surface area (Å²) < 4.78 is 5.21. The first-order valence-electron chi connectivity index (χ1n) is 9.15. The molecule has 156 valence electrons. The second-order valence-electron chi connectivity index (χ2n) is 7.97. The van der Waals surface area contributed by atoms with Gasteiger partial charge in [-0.25, -0.2) is 4.79 Å². The lowest BCUT2D eigenvalue weighted by atomic mass is 10.0. The monoisotopic (exact) mass is 411 g/mol. The van der Waals surface area contributed by atoms with E-state index < -0.39 is 29.7 Å². The van der Waals surface area contributed by atoms with Gasteiger partial charge < -0.3 is 20.3 Å². The van der Waals surface area contributed by atoms with Crippen LogP contribution in [0, 0.1) is 5.92 Å². The highest BCUT2D eigenvalue weighted by Crippen LogP contribution is 2.17. The van der Waals surface area contributed by atoms with Crippen LogP contribution in [0.2, 0.25) is 5.02 Å². The average Bonchev–Trinajstić information content (AvgIpc) is 2.57. The van der Waals surface area contributed by atoms with Gasteiger partial charge in [0.15, 0.2) is 0 Å². The van der Waals surface area contributed by atoms with Crippen LogP contribution in [0.4, 0.5) is 10.5 Å². The fraction of sp³-hybridized carbons (Fsp3) is 0.550. The molecule has 0 aliphatic heterocycles. The molecule has 2 N–H and O–H groups in total. The number of nitrogens with zero attached hydrogens (tertiary/aromatic N) is 1. The Morgan fingerprint density at radius 3 is 2.04 bits per heavy atom. The Balaban J connectivity index is 2.76. The standard InChI is InChI=1S/C20H30ClN3O4/c1-12(2)16(23-19(27)28-20(4,5)6)17(25)22-13(3)18(26)24(7)15-10-8-14(21)9-11-15/h8-13,16H,1-7H3,(H,22,25)(H,23,27)/t13-,16-/m0/s1. The van der Waals surface area contributed by atoms with Gasteiger partial charge in [-0.2, -0.15) is 0 Å². The minimum atomic E-state index is -0.828. The predicted octanol–water partition coefficient (Wildman–Crippen LogP) is 3.36. The zero-order valence-corrected chi connectivity index (χ0v) is 18.3. The summed E-state index contributed by atoms with van der Waals surface area (Å²) in [6.45, 7) is 10.4. The van der Waals surface area contributed by atoms with Crippen molar-refractivity contribution < 1.29 is 19.1 Å². The quantitative estimate of drug-likeness (QED) is 0.751. The Hall–Kier alpha value is -2.28. The molecule has 1 aromatic rings. The first-order valence-corrected chi connectivity index (χ1v) is 9.52. The van der Waals surface area contributed by atoms with Crippen LogP contribution in [0.25, 0.3) is 0 Å². The fourth-order valence-electron chi connectivity index (χ4n) is 2.42. The number of halogens is 1. The highest BCUT2D eigenvalue weighted by molar-refractivity contribution is 6.30. The fourth-order valence-corrected chi connectivity index (χ4v) is 2.54. The predicted molar refractivity (Wildman–Crippen MR) is 110 cm³/mol. The first kappa shape index (κ1) is 23.8. The molecule has 0 aliphatic carbocycles. The second kappa shape index (κ2) is 9.78. The molecule has 0 unspecified atom stereocenters. The van der Waals surface area contributed by atoms with Crippen molar-refractivity contribution in [1.29, 1.82) is 0 Å². The normalized spacial score (nSPS) is 13.5. The lowest BCUT2D eigenvalue weighted by Crippen LogP contribution is -2.55. The van der Waals surface area contributed by atoms with E-state index in [0.29, 0.717) is 10.7 Å². The number of likely N-dealkylation sites (N-methyl/N-ethyl adjacent to an activating group) is 1. The zero-order valence-electron chi connectivity index (χ0n) is 17.5. The summed E-state index contributed by atoms with van der Waals surface area (Å²) >= 11 is 5.87. The molecular weight excluding hydrogens is 382 g/mol. The van der Waals surface area contributed by atoms with Crippen LogP contribution in [-0.4, -0.2) is 42.6 Å². The molecule has 2 atom stereocenters. The number of hydrogen-bond donors (Lipinski definition) is 2. The molecule has 1 aromatic carbocycles. The second-order valence-corrected chi connectivity index (χ2v) is 8.41. The molecule has 0 radical (unpaired) electrons. The van der Waals surface area contributed by atoms with E-state index in [9.17, 15) is 14.4 Å². The van der Waals surface area contributed by atoms with Gasteiger partial charge in [0.2, 0.25) is 11.8 Å². The number of ether oxygens (including phenoxy) is 1. The van der Waals surface area contributed by atoms with Crippen molar-refractivity contribution in [2.45, 2.75) is 59.2 Å². The maximum absolute atomic E-state index is 12.6. The van der Waals surface area contributed by atoms with Crippen LogP contribution in [0.3, 0.4) is 0 Å². The van der Waals surface area contributed by atoms with E-state index in [-0.39, 0.29) is 11.8 Å². The van der Waals surface area contributed by atoms with Crippen LogP contribution in [0.1, 0.15) is 41.5 Å². The Bertz CT molecular complexity index is 698. The topological polar surface area (TPSA) is 87.7 Å². The molecule has 0 saturated carbocycles. The van der Waals surface area contributed by atoms with Crippen molar-refractivity contribution in [3.63, 3.8) is 0 Å². The van der Waals surface area contributed by atoms with Gasteiger partial charge in [-0.05, 0) is 57.9 Å². The Morgan fingerprint density at radius 1 is 1.04 bits per heavy atom.